The maximum Gasteiger partial charge on any atom is 0.200 e. The third kappa shape index (κ3) is 1.73. The second-order valence-corrected chi connectivity index (χ2v) is 5.09. The molecule has 6 heteroatoms. The molecule has 2 aromatic rings. The van der Waals surface area contributed by atoms with E-state index in [9.17, 15) is 0 Å². The van der Waals surface area contributed by atoms with E-state index in [-0.39, 0.29) is 0 Å². The van der Waals surface area contributed by atoms with Gasteiger partial charge in [-0.05, 0) is 60.1 Å². The zero-order chi connectivity index (χ0) is 11.2. The summed E-state index contributed by atoms with van der Waals surface area (Å²) in [5.74, 6) is 2.59. The predicted molar refractivity (Wildman–Crippen MR) is 61.4 cm³/mol. The molecular weight excluding hydrogens is 216 g/mol. The van der Waals surface area contributed by atoms with Crippen LogP contribution in [0.1, 0.15) is 25.7 Å². The molecular formula is C11H14N6. The second-order valence-electron chi connectivity index (χ2n) is 5.09. The quantitative estimate of drug-likeness (QED) is 0.852. The van der Waals surface area contributed by atoms with E-state index in [1.807, 2.05) is 12.1 Å². The van der Waals surface area contributed by atoms with Gasteiger partial charge in [0, 0.05) is 6.04 Å². The van der Waals surface area contributed by atoms with E-state index in [1.54, 1.807) is 0 Å². The van der Waals surface area contributed by atoms with Gasteiger partial charge in [-0.3, -0.25) is 0 Å². The molecule has 88 valence electrons. The van der Waals surface area contributed by atoms with Crippen LogP contribution in [0.4, 0.5) is 5.82 Å². The van der Waals surface area contributed by atoms with Crippen molar-refractivity contribution in [3.63, 3.8) is 0 Å². The van der Waals surface area contributed by atoms with E-state index in [0.717, 1.165) is 17.7 Å². The topological polar surface area (TPSA) is 68.0 Å². The van der Waals surface area contributed by atoms with Crippen LogP contribution in [0.2, 0.25) is 0 Å². The smallest absolute Gasteiger partial charge is 0.200 e. The summed E-state index contributed by atoms with van der Waals surface area (Å²) >= 11 is 0. The molecule has 0 spiro atoms. The highest BCUT2D eigenvalue weighted by Gasteiger charge is 2.41. The summed E-state index contributed by atoms with van der Waals surface area (Å²) in [5.41, 5.74) is 0.685. The van der Waals surface area contributed by atoms with Crippen molar-refractivity contribution in [1.29, 1.82) is 0 Å². The molecule has 0 bridgehead atoms. The molecule has 2 aliphatic rings. The van der Waals surface area contributed by atoms with Gasteiger partial charge in [-0.1, -0.05) is 0 Å². The number of hydrogen-bond acceptors (Lipinski definition) is 5. The van der Waals surface area contributed by atoms with Crippen molar-refractivity contribution in [2.24, 2.45) is 11.8 Å². The minimum absolute atomic E-state index is 0.608. The molecule has 2 heterocycles. The number of tetrazole rings is 1. The van der Waals surface area contributed by atoms with Gasteiger partial charge in [0.05, 0.1) is 0 Å². The van der Waals surface area contributed by atoms with Crippen molar-refractivity contribution >= 4 is 11.5 Å². The van der Waals surface area contributed by atoms with Gasteiger partial charge in [0.15, 0.2) is 5.65 Å². The summed E-state index contributed by atoms with van der Waals surface area (Å²) in [6.07, 6.45) is 5.45. The van der Waals surface area contributed by atoms with Gasteiger partial charge in [-0.25, -0.2) is 0 Å². The lowest BCUT2D eigenvalue weighted by Gasteiger charge is -2.17. The third-order valence-corrected chi connectivity index (χ3v) is 3.64. The van der Waals surface area contributed by atoms with Crippen LogP contribution >= 0.6 is 0 Å². The van der Waals surface area contributed by atoms with Gasteiger partial charge < -0.3 is 5.32 Å². The number of hydrogen-bond donors (Lipinski definition) is 1. The monoisotopic (exact) mass is 230 g/mol. The van der Waals surface area contributed by atoms with E-state index in [4.69, 9.17) is 0 Å². The zero-order valence-corrected chi connectivity index (χ0v) is 9.45. The summed E-state index contributed by atoms with van der Waals surface area (Å²) in [6, 6.07) is 4.46. The van der Waals surface area contributed by atoms with Gasteiger partial charge in [-0.2, -0.15) is 0 Å². The van der Waals surface area contributed by atoms with Gasteiger partial charge in [-0.15, -0.1) is 14.8 Å². The van der Waals surface area contributed by atoms with Gasteiger partial charge in [0.2, 0.25) is 0 Å². The molecule has 0 atom stereocenters. The fourth-order valence-electron chi connectivity index (χ4n) is 2.43. The van der Waals surface area contributed by atoms with E-state index >= 15 is 0 Å². The molecule has 4 rings (SSSR count). The minimum Gasteiger partial charge on any atom is -0.365 e. The first-order valence-electron chi connectivity index (χ1n) is 6.22. The Morgan fingerprint density at radius 1 is 1.18 bits per heavy atom. The van der Waals surface area contributed by atoms with E-state index < -0.39 is 0 Å². The number of anilines is 1. The Kier molecular flexibility index (Phi) is 1.86. The van der Waals surface area contributed by atoms with E-state index in [0.29, 0.717) is 11.7 Å². The van der Waals surface area contributed by atoms with E-state index in [2.05, 4.69) is 25.9 Å². The molecule has 0 saturated heterocycles. The van der Waals surface area contributed by atoms with Crippen LogP contribution in [0.3, 0.4) is 0 Å². The van der Waals surface area contributed by atoms with Crippen LogP contribution in [-0.2, 0) is 0 Å². The average molecular weight is 230 g/mol. The lowest BCUT2D eigenvalue weighted by molar-refractivity contribution is 0.562. The first-order chi connectivity index (χ1) is 8.40. The standard InChI is InChI=1S/C11H14N6/c1-2-7(1)11(8-3-4-8)12-9-5-6-10-13-15-16-17(10)14-9/h5-8,11H,1-4H2,(H,12,14). The molecule has 0 aliphatic heterocycles. The first kappa shape index (κ1) is 9.32. The van der Waals surface area contributed by atoms with Crippen molar-refractivity contribution in [3.8, 4) is 0 Å². The molecule has 6 nitrogen and oxygen atoms in total. The van der Waals surface area contributed by atoms with Crippen LogP contribution in [0.5, 0.6) is 0 Å². The van der Waals surface area contributed by atoms with Gasteiger partial charge in [0.1, 0.15) is 5.82 Å². The summed E-state index contributed by atoms with van der Waals surface area (Å²) in [5, 5.41) is 19.2. The Morgan fingerprint density at radius 3 is 2.65 bits per heavy atom. The fraction of sp³-hybridized carbons (Fsp3) is 0.636. The molecule has 0 amide bonds. The first-order valence-corrected chi connectivity index (χ1v) is 6.22. The lowest BCUT2D eigenvalue weighted by Crippen LogP contribution is -2.25. The largest absolute Gasteiger partial charge is 0.365 e. The predicted octanol–water partition coefficient (Wildman–Crippen LogP) is 1.12. The van der Waals surface area contributed by atoms with Crippen LogP contribution in [0.15, 0.2) is 12.1 Å². The molecule has 2 fully saturated rings. The summed E-state index contributed by atoms with van der Waals surface area (Å²) in [7, 11) is 0. The SMILES string of the molecule is c1cc2nnnn2nc1NC(C1CC1)C1CC1. The van der Waals surface area contributed by atoms with Gasteiger partial charge >= 0.3 is 0 Å². The van der Waals surface area contributed by atoms with E-state index in [1.165, 1.54) is 30.3 Å². The molecule has 0 aromatic carbocycles. The number of aromatic nitrogens is 5. The second kappa shape index (κ2) is 3.38. The fourth-order valence-corrected chi connectivity index (χ4v) is 2.43. The Hall–Kier alpha value is -1.72. The summed E-state index contributed by atoms with van der Waals surface area (Å²) < 4.78 is 1.47. The maximum absolute atomic E-state index is 4.36. The third-order valence-electron chi connectivity index (χ3n) is 3.64. The molecule has 2 aromatic heterocycles. The number of rotatable bonds is 4. The highest BCUT2D eigenvalue weighted by atomic mass is 15.6. The maximum atomic E-state index is 4.36. The van der Waals surface area contributed by atoms with Crippen LogP contribution in [0, 0.1) is 11.8 Å². The normalized spacial score (nSPS) is 20.1. The molecule has 0 unspecified atom stereocenters. The van der Waals surface area contributed by atoms with Gasteiger partial charge in [0.25, 0.3) is 0 Å². The number of nitrogens with one attached hydrogen (secondary N) is 1. The number of fused-ring (bicyclic) bond motifs is 1. The highest BCUT2D eigenvalue weighted by Crippen LogP contribution is 2.45. The number of nitrogens with zero attached hydrogens (tertiary/aromatic N) is 5. The Bertz CT molecular complexity index is 530. The average Bonchev–Trinajstić information content (AvgIpc) is 3.24. The van der Waals surface area contributed by atoms with Crippen LogP contribution < -0.4 is 5.32 Å². The molecule has 0 radical (unpaired) electrons. The highest BCUT2D eigenvalue weighted by molar-refractivity contribution is 5.43. The Labute approximate surface area is 98.4 Å². The van der Waals surface area contributed by atoms with Crippen LogP contribution in [-0.4, -0.2) is 31.3 Å². The zero-order valence-electron chi connectivity index (χ0n) is 9.45. The van der Waals surface area contributed by atoms with Crippen molar-refractivity contribution < 1.29 is 0 Å². The van der Waals surface area contributed by atoms with Crippen molar-refractivity contribution in [2.75, 3.05) is 5.32 Å². The molecule has 2 saturated carbocycles. The Morgan fingerprint density at radius 2 is 1.94 bits per heavy atom. The van der Waals surface area contributed by atoms with Crippen molar-refractivity contribution in [3.05, 3.63) is 12.1 Å². The lowest BCUT2D eigenvalue weighted by atomic mass is 10.1. The minimum atomic E-state index is 0.608. The molecule has 1 N–H and O–H groups in total. The molecule has 2 aliphatic carbocycles. The summed E-state index contributed by atoms with van der Waals surface area (Å²) in [4.78, 5) is 0. The summed E-state index contributed by atoms with van der Waals surface area (Å²) in [6.45, 7) is 0. The van der Waals surface area contributed by atoms with Crippen molar-refractivity contribution in [1.82, 2.24) is 25.3 Å². The Balaban J connectivity index is 1.59. The van der Waals surface area contributed by atoms with Crippen LogP contribution in [0.25, 0.3) is 5.65 Å². The molecule has 17 heavy (non-hydrogen) atoms. The van der Waals surface area contributed by atoms with Crippen molar-refractivity contribution in [2.45, 2.75) is 31.7 Å².